The Labute approximate surface area is 125 Å². The van der Waals surface area contributed by atoms with Crippen LogP contribution in [0.1, 0.15) is 11.7 Å². The smallest absolute Gasteiger partial charge is 0.121 e. The second-order valence-electron chi connectivity index (χ2n) is 4.04. The molecule has 1 aromatic rings. The van der Waals surface area contributed by atoms with Gasteiger partial charge in [0.1, 0.15) is 11.5 Å². The summed E-state index contributed by atoms with van der Waals surface area (Å²) in [7, 11) is 0. The van der Waals surface area contributed by atoms with Crippen LogP contribution in [0.25, 0.3) is 10.4 Å². The SMILES string of the molecule is [N-]=[N+]=Nc1ccc([C@@H](O)[C@@H](CF)N(N)CC(Cl)Cl)cc1. The Kier molecular flexibility index (Phi) is 7.01. The molecule has 0 radical (unpaired) electrons. The van der Waals surface area contributed by atoms with Crippen LogP contribution in [-0.2, 0) is 0 Å². The van der Waals surface area contributed by atoms with Crippen molar-refractivity contribution < 1.29 is 9.50 Å². The van der Waals surface area contributed by atoms with Crippen LogP contribution in [0.2, 0.25) is 0 Å². The number of alkyl halides is 3. The summed E-state index contributed by atoms with van der Waals surface area (Å²) < 4.78 is 13.1. The first-order valence-corrected chi connectivity index (χ1v) is 6.55. The minimum absolute atomic E-state index is 0.0194. The number of rotatable bonds is 7. The van der Waals surface area contributed by atoms with Gasteiger partial charge in [-0.15, -0.1) is 23.2 Å². The highest BCUT2D eigenvalue weighted by atomic mass is 35.5. The van der Waals surface area contributed by atoms with E-state index in [9.17, 15) is 9.50 Å². The van der Waals surface area contributed by atoms with Crippen LogP contribution in [-0.4, -0.2) is 34.2 Å². The maximum atomic E-state index is 13.1. The summed E-state index contributed by atoms with van der Waals surface area (Å²) in [6.07, 6.45) is -1.16. The fourth-order valence-corrected chi connectivity index (χ4v) is 1.98. The molecule has 20 heavy (non-hydrogen) atoms. The van der Waals surface area contributed by atoms with Crippen molar-refractivity contribution in [1.29, 1.82) is 0 Å². The van der Waals surface area contributed by atoms with Crippen LogP contribution in [0.5, 0.6) is 0 Å². The Balaban J connectivity index is 2.84. The highest BCUT2D eigenvalue weighted by Gasteiger charge is 2.26. The minimum Gasteiger partial charge on any atom is -0.387 e. The Bertz CT molecular complexity index is 466. The average Bonchev–Trinajstić information content (AvgIpc) is 2.39. The van der Waals surface area contributed by atoms with E-state index in [2.05, 4.69) is 10.0 Å². The molecule has 0 saturated heterocycles. The third-order valence-corrected chi connectivity index (χ3v) is 2.97. The van der Waals surface area contributed by atoms with Crippen molar-refractivity contribution in [2.75, 3.05) is 13.2 Å². The molecule has 1 aromatic carbocycles. The summed E-state index contributed by atoms with van der Waals surface area (Å²) in [5.41, 5.74) is 9.13. The predicted octanol–water partition coefficient (Wildman–Crippen LogP) is 2.98. The lowest BCUT2D eigenvalue weighted by atomic mass is 10.0. The number of benzene rings is 1. The van der Waals surface area contributed by atoms with Crippen molar-refractivity contribution in [2.24, 2.45) is 11.0 Å². The molecular formula is C11H14Cl2FN5O. The monoisotopic (exact) mass is 321 g/mol. The highest BCUT2D eigenvalue weighted by molar-refractivity contribution is 6.44. The second-order valence-corrected chi connectivity index (χ2v) is 5.31. The number of aliphatic hydroxyl groups excluding tert-OH is 1. The number of aliphatic hydroxyl groups is 1. The molecule has 0 spiro atoms. The summed E-state index contributed by atoms with van der Waals surface area (Å²) in [4.78, 5) is 1.85. The van der Waals surface area contributed by atoms with Gasteiger partial charge in [-0.2, -0.15) is 0 Å². The zero-order chi connectivity index (χ0) is 15.1. The van der Waals surface area contributed by atoms with Crippen molar-refractivity contribution in [3.05, 3.63) is 40.3 Å². The number of nitrogens with two attached hydrogens (primary N) is 1. The standard InChI is InChI=1S/C11H14Cl2FN5O/c12-10(13)6-19(16)9(5-14)11(20)7-1-3-8(4-2-7)17-18-15/h1-4,9-11,20H,5-6,16H2/t9-,11-/m1/s1. The minimum atomic E-state index is -1.16. The Hall–Kier alpha value is -1.08. The molecular weight excluding hydrogens is 308 g/mol. The molecule has 2 atom stereocenters. The molecule has 9 heteroatoms. The molecule has 0 saturated carbocycles. The Morgan fingerprint density at radius 2 is 2.00 bits per heavy atom. The summed E-state index contributed by atoms with van der Waals surface area (Å²) in [6.45, 7) is -0.845. The molecule has 0 aromatic heterocycles. The molecule has 0 fully saturated rings. The summed E-state index contributed by atoms with van der Waals surface area (Å²) in [5, 5.41) is 14.6. The quantitative estimate of drug-likeness (QED) is 0.202. The maximum Gasteiger partial charge on any atom is 0.121 e. The molecule has 0 heterocycles. The topological polar surface area (TPSA) is 98.2 Å². The van der Waals surface area contributed by atoms with Gasteiger partial charge in [0.05, 0.1) is 12.1 Å². The first-order chi connectivity index (χ1) is 9.49. The molecule has 0 unspecified atom stereocenters. The number of hydrogen-bond acceptors (Lipinski definition) is 4. The summed E-state index contributed by atoms with van der Waals surface area (Å²) in [6, 6.07) is 5.12. The number of halogens is 3. The van der Waals surface area contributed by atoms with E-state index in [1.54, 1.807) is 0 Å². The molecule has 0 bridgehead atoms. The Morgan fingerprint density at radius 3 is 2.45 bits per heavy atom. The zero-order valence-electron chi connectivity index (χ0n) is 10.4. The van der Waals surface area contributed by atoms with Crippen LogP contribution < -0.4 is 5.84 Å². The largest absolute Gasteiger partial charge is 0.387 e. The number of hydrazine groups is 1. The van der Waals surface area contributed by atoms with Gasteiger partial charge >= 0.3 is 0 Å². The van der Waals surface area contributed by atoms with E-state index in [0.29, 0.717) is 11.3 Å². The maximum absolute atomic E-state index is 13.1. The Morgan fingerprint density at radius 1 is 1.40 bits per heavy atom. The third-order valence-electron chi connectivity index (χ3n) is 2.69. The molecule has 3 N–H and O–H groups in total. The van der Waals surface area contributed by atoms with Crippen molar-refractivity contribution in [3.8, 4) is 0 Å². The van der Waals surface area contributed by atoms with Crippen LogP contribution in [0.15, 0.2) is 29.4 Å². The van der Waals surface area contributed by atoms with Crippen molar-refractivity contribution in [2.45, 2.75) is 17.0 Å². The van der Waals surface area contributed by atoms with E-state index in [-0.39, 0.29) is 6.54 Å². The lowest BCUT2D eigenvalue weighted by Crippen LogP contribution is -2.48. The van der Waals surface area contributed by atoms with E-state index in [4.69, 9.17) is 34.6 Å². The summed E-state index contributed by atoms with van der Waals surface area (Å²) >= 11 is 11.1. The third kappa shape index (κ3) is 4.79. The number of azide groups is 1. The average molecular weight is 322 g/mol. The predicted molar refractivity (Wildman–Crippen MR) is 76.4 cm³/mol. The second kappa shape index (κ2) is 8.26. The van der Waals surface area contributed by atoms with E-state index < -0.39 is 23.7 Å². The van der Waals surface area contributed by atoms with Crippen molar-refractivity contribution in [1.82, 2.24) is 5.01 Å². The highest BCUT2D eigenvalue weighted by Crippen LogP contribution is 2.23. The van der Waals surface area contributed by atoms with Crippen LogP contribution in [0.3, 0.4) is 0 Å². The number of nitrogens with zero attached hydrogens (tertiary/aromatic N) is 4. The lowest BCUT2D eigenvalue weighted by Gasteiger charge is -2.29. The van der Waals surface area contributed by atoms with Gasteiger partial charge in [-0.05, 0) is 11.1 Å². The van der Waals surface area contributed by atoms with Crippen LogP contribution in [0, 0.1) is 0 Å². The first kappa shape index (κ1) is 17.0. The fourth-order valence-electron chi connectivity index (χ4n) is 1.66. The van der Waals surface area contributed by atoms with Crippen molar-refractivity contribution >= 4 is 28.9 Å². The zero-order valence-corrected chi connectivity index (χ0v) is 11.9. The lowest BCUT2D eigenvalue weighted by molar-refractivity contribution is 0.0354. The van der Waals surface area contributed by atoms with E-state index >= 15 is 0 Å². The van der Waals surface area contributed by atoms with E-state index in [1.165, 1.54) is 24.3 Å². The van der Waals surface area contributed by atoms with Gasteiger partial charge in [-0.1, -0.05) is 29.4 Å². The van der Waals surface area contributed by atoms with Gasteiger partial charge < -0.3 is 5.11 Å². The van der Waals surface area contributed by atoms with Gasteiger partial charge in [-0.3, -0.25) is 5.84 Å². The van der Waals surface area contributed by atoms with Gasteiger partial charge in [0.2, 0.25) is 0 Å². The van der Waals surface area contributed by atoms with Crippen LogP contribution >= 0.6 is 23.2 Å². The number of hydrogen-bond donors (Lipinski definition) is 2. The molecule has 0 amide bonds. The molecule has 0 aliphatic carbocycles. The molecule has 0 aliphatic heterocycles. The first-order valence-electron chi connectivity index (χ1n) is 5.68. The molecule has 1 rings (SSSR count). The molecule has 0 aliphatic rings. The van der Waals surface area contributed by atoms with Gasteiger partial charge in [0.25, 0.3) is 0 Å². The van der Waals surface area contributed by atoms with Gasteiger partial charge in [0, 0.05) is 17.1 Å². The fraction of sp³-hybridized carbons (Fsp3) is 0.455. The normalized spacial score (nSPS) is 14.2. The van der Waals surface area contributed by atoms with Gasteiger partial charge in [0.15, 0.2) is 0 Å². The molecule has 6 nitrogen and oxygen atoms in total. The van der Waals surface area contributed by atoms with E-state index in [0.717, 1.165) is 5.01 Å². The summed E-state index contributed by atoms with van der Waals surface area (Å²) in [5.74, 6) is 5.64. The van der Waals surface area contributed by atoms with Crippen LogP contribution in [0.4, 0.5) is 10.1 Å². The van der Waals surface area contributed by atoms with E-state index in [1.807, 2.05) is 0 Å². The van der Waals surface area contributed by atoms with Crippen molar-refractivity contribution in [3.63, 3.8) is 0 Å². The molecule has 110 valence electrons. The van der Waals surface area contributed by atoms with Gasteiger partial charge in [-0.25, -0.2) is 9.40 Å².